The fourth-order valence-electron chi connectivity index (χ4n) is 2.29. The normalized spacial score (nSPS) is 11.6. The summed E-state index contributed by atoms with van der Waals surface area (Å²) in [6, 6.07) is 10.8. The van der Waals surface area contributed by atoms with Crippen LogP contribution in [0.4, 0.5) is 5.69 Å². The number of amides is 1. The Labute approximate surface area is 139 Å². The molecule has 0 spiro atoms. The first-order valence-electron chi connectivity index (χ1n) is 7.37. The molecule has 4 nitrogen and oxygen atoms in total. The van der Waals surface area contributed by atoms with Gasteiger partial charge in [0.15, 0.2) is 11.7 Å². The van der Waals surface area contributed by atoms with Gasteiger partial charge in [0, 0.05) is 10.6 Å². The summed E-state index contributed by atoms with van der Waals surface area (Å²) in [4.78, 5) is 26.4. The zero-order valence-corrected chi connectivity index (χ0v) is 14.2. The topological polar surface area (TPSA) is 70.0 Å². The Bertz CT molecular complexity index is 787. The molecule has 1 aromatic heterocycles. The van der Waals surface area contributed by atoms with Crippen molar-refractivity contribution < 1.29 is 9.59 Å². The largest absolute Gasteiger partial charge is 0.324 e. The second kappa shape index (κ2) is 7.21. The van der Waals surface area contributed by atoms with Crippen LogP contribution in [-0.2, 0) is 11.2 Å². The lowest BCUT2D eigenvalue weighted by Gasteiger charge is -2.10. The molecule has 2 aromatic rings. The van der Waals surface area contributed by atoms with Gasteiger partial charge in [0.25, 0.3) is 0 Å². The van der Waals surface area contributed by atoms with Crippen LogP contribution in [0.3, 0.4) is 0 Å². The van der Waals surface area contributed by atoms with E-state index in [0.29, 0.717) is 10.6 Å². The lowest BCUT2D eigenvalue weighted by atomic mass is 10.0. The number of anilines is 1. The number of thiophene rings is 1. The van der Waals surface area contributed by atoms with E-state index in [1.54, 1.807) is 18.2 Å². The average molecular weight is 326 g/mol. The minimum Gasteiger partial charge on any atom is -0.324 e. The Morgan fingerprint density at radius 3 is 2.52 bits per heavy atom. The molecule has 0 fully saturated rings. The first-order valence-corrected chi connectivity index (χ1v) is 8.19. The second-order valence-corrected chi connectivity index (χ2v) is 6.44. The third-order valence-electron chi connectivity index (χ3n) is 3.64. The van der Waals surface area contributed by atoms with Gasteiger partial charge in [0.2, 0.25) is 5.91 Å². The summed E-state index contributed by atoms with van der Waals surface area (Å²) in [5, 5.41) is 12.0. The summed E-state index contributed by atoms with van der Waals surface area (Å²) in [6.07, 6.45) is 0.830. The van der Waals surface area contributed by atoms with Crippen molar-refractivity contribution in [1.82, 2.24) is 0 Å². The van der Waals surface area contributed by atoms with Gasteiger partial charge in [0.05, 0.1) is 10.9 Å². The van der Waals surface area contributed by atoms with Crippen LogP contribution in [0.15, 0.2) is 30.3 Å². The number of carbonyl (C=O) groups excluding carboxylic acids is 2. The van der Waals surface area contributed by atoms with Gasteiger partial charge in [-0.25, -0.2) is 0 Å². The van der Waals surface area contributed by atoms with Crippen molar-refractivity contribution in [1.29, 1.82) is 5.26 Å². The molecular formula is C18H18N2O2S. The highest BCUT2D eigenvalue weighted by atomic mass is 32.1. The van der Waals surface area contributed by atoms with Crippen LogP contribution in [-0.4, -0.2) is 11.7 Å². The molecule has 0 aliphatic carbocycles. The highest BCUT2D eigenvalue weighted by Crippen LogP contribution is 2.25. The molecule has 0 unspecified atom stereocenters. The molecule has 0 saturated carbocycles. The number of carbonyl (C=O) groups is 2. The molecule has 2 rings (SSSR count). The number of nitrogens with one attached hydrogen (secondary N) is 1. The number of nitriles is 1. The number of hydrogen-bond donors (Lipinski definition) is 1. The molecule has 0 saturated heterocycles. The molecule has 1 amide bonds. The zero-order valence-electron chi connectivity index (χ0n) is 13.3. The average Bonchev–Trinajstić information content (AvgIpc) is 2.91. The zero-order chi connectivity index (χ0) is 17.0. The van der Waals surface area contributed by atoms with E-state index in [4.69, 9.17) is 0 Å². The van der Waals surface area contributed by atoms with Gasteiger partial charge in [-0.15, -0.1) is 11.3 Å². The summed E-state index contributed by atoms with van der Waals surface area (Å²) < 4.78 is 0. The minimum atomic E-state index is -1.34. The van der Waals surface area contributed by atoms with Crippen LogP contribution in [0.1, 0.15) is 32.6 Å². The second-order valence-electron chi connectivity index (χ2n) is 5.30. The van der Waals surface area contributed by atoms with Crippen LogP contribution >= 0.6 is 11.3 Å². The number of Topliss-reactive ketones (excluding diaryl/α,β-unsaturated/α-hetero) is 1. The van der Waals surface area contributed by atoms with Gasteiger partial charge in [-0.3, -0.25) is 9.59 Å². The predicted molar refractivity (Wildman–Crippen MR) is 91.7 cm³/mol. The van der Waals surface area contributed by atoms with E-state index in [1.807, 2.05) is 39.0 Å². The quantitative estimate of drug-likeness (QED) is 0.669. The van der Waals surface area contributed by atoms with Gasteiger partial charge in [-0.2, -0.15) is 5.26 Å². The third kappa shape index (κ3) is 3.66. The van der Waals surface area contributed by atoms with E-state index < -0.39 is 17.6 Å². The van der Waals surface area contributed by atoms with E-state index in [9.17, 15) is 14.9 Å². The van der Waals surface area contributed by atoms with Crippen molar-refractivity contribution in [2.24, 2.45) is 5.92 Å². The molecule has 1 atom stereocenters. The molecule has 0 bridgehead atoms. The van der Waals surface area contributed by atoms with Gasteiger partial charge in [0.1, 0.15) is 0 Å². The SMILES string of the molecule is CCc1sc(C(=O)[C@H](C#N)C(=O)Nc2ccccc2C)cc1C. The monoisotopic (exact) mass is 326 g/mol. The fourth-order valence-corrected chi connectivity index (χ4v) is 3.37. The highest BCUT2D eigenvalue weighted by molar-refractivity contribution is 7.14. The Hall–Kier alpha value is -2.45. The number of rotatable bonds is 5. The molecule has 0 aliphatic rings. The maximum Gasteiger partial charge on any atom is 0.249 e. The maximum atomic E-state index is 12.5. The van der Waals surface area contributed by atoms with E-state index in [-0.39, 0.29) is 0 Å². The predicted octanol–water partition coefficient (Wildman–Crippen LogP) is 3.89. The standard InChI is InChI=1S/C18H18N2O2S/c1-4-15-12(3)9-16(23-15)17(21)13(10-19)18(22)20-14-8-6-5-7-11(14)2/h5-9,13H,4H2,1-3H3,(H,20,22)/t13-/m0/s1. The van der Waals surface area contributed by atoms with Crippen molar-refractivity contribution in [3.63, 3.8) is 0 Å². The highest BCUT2D eigenvalue weighted by Gasteiger charge is 2.29. The number of hydrogen-bond acceptors (Lipinski definition) is 4. The van der Waals surface area contributed by atoms with Crippen molar-refractivity contribution in [3.05, 3.63) is 51.2 Å². The van der Waals surface area contributed by atoms with E-state index in [2.05, 4.69) is 5.32 Å². The lowest BCUT2D eigenvalue weighted by Crippen LogP contribution is -2.28. The number of aryl methyl sites for hydroxylation is 3. The van der Waals surface area contributed by atoms with E-state index in [0.717, 1.165) is 22.4 Å². The number of ketones is 1. The molecule has 0 aliphatic heterocycles. The molecule has 1 heterocycles. The van der Waals surface area contributed by atoms with Gasteiger partial charge < -0.3 is 5.32 Å². The fraction of sp³-hybridized carbons (Fsp3) is 0.278. The molecule has 1 aromatic carbocycles. The summed E-state index contributed by atoms with van der Waals surface area (Å²) in [7, 11) is 0. The Morgan fingerprint density at radius 2 is 1.96 bits per heavy atom. The maximum absolute atomic E-state index is 12.5. The summed E-state index contributed by atoms with van der Waals surface area (Å²) in [6.45, 7) is 5.80. The van der Waals surface area contributed by atoms with Crippen molar-refractivity contribution in [2.75, 3.05) is 5.32 Å². The minimum absolute atomic E-state index is 0.439. The lowest BCUT2D eigenvalue weighted by molar-refractivity contribution is -0.117. The van der Waals surface area contributed by atoms with Gasteiger partial charge >= 0.3 is 0 Å². The molecular weight excluding hydrogens is 308 g/mol. The van der Waals surface area contributed by atoms with Gasteiger partial charge in [-0.05, 0) is 43.5 Å². The van der Waals surface area contributed by atoms with E-state index in [1.165, 1.54) is 11.3 Å². The van der Waals surface area contributed by atoms with Crippen LogP contribution in [0.25, 0.3) is 0 Å². The first kappa shape index (κ1) is 16.9. The summed E-state index contributed by atoms with van der Waals surface area (Å²) in [5.41, 5.74) is 2.52. The van der Waals surface area contributed by atoms with Crippen LogP contribution in [0, 0.1) is 31.1 Å². The smallest absolute Gasteiger partial charge is 0.249 e. The van der Waals surface area contributed by atoms with Crippen LogP contribution in [0.2, 0.25) is 0 Å². The summed E-state index contributed by atoms with van der Waals surface area (Å²) >= 11 is 1.36. The third-order valence-corrected chi connectivity index (χ3v) is 5.04. The van der Waals surface area contributed by atoms with Gasteiger partial charge in [-0.1, -0.05) is 25.1 Å². The van der Waals surface area contributed by atoms with Crippen LogP contribution < -0.4 is 5.32 Å². The van der Waals surface area contributed by atoms with Crippen molar-refractivity contribution >= 4 is 28.7 Å². The Morgan fingerprint density at radius 1 is 1.26 bits per heavy atom. The van der Waals surface area contributed by atoms with E-state index >= 15 is 0 Å². The first-order chi connectivity index (χ1) is 11.0. The Kier molecular flexibility index (Phi) is 5.30. The molecule has 1 N–H and O–H groups in total. The molecule has 118 valence electrons. The number of para-hydroxylation sites is 1. The molecule has 23 heavy (non-hydrogen) atoms. The Balaban J connectivity index is 2.21. The number of nitrogens with zero attached hydrogens (tertiary/aromatic N) is 1. The molecule has 0 radical (unpaired) electrons. The van der Waals surface area contributed by atoms with Crippen molar-refractivity contribution in [3.8, 4) is 6.07 Å². The number of benzene rings is 1. The summed E-state index contributed by atoms with van der Waals surface area (Å²) in [5.74, 6) is -2.36. The molecule has 5 heteroatoms. The van der Waals surface area contributed by atoms with Crippen molar-refractivity contribution in [2.45, 2.75) is 27.2 Å². The van der Waals surface area contributed by atoms with Crippen LogP contribution in [0.5, 0.6) is 0 Å².